The summed E-state index contributed by atoms with van der Waals surface area (Å²) < 4.78 is 0. The van der Waals surface area contributed by atoms with Gasteiger partial charge in [-0.25, -0.2) is 0 Å². The van der Waals surface area contributed by atoms with E-state index in [0.29, 0.717) is 12.6 Å². The molecule has 0 amide bonds. The Morgan fingerprint density at radius 2 is 1.80 bits per heavy atom. The monoisotopic (exact) mass is 296 g/mol. The molecule has 0 aromatic heterocycles. The number of unbranched alkanes of at least 4 members (excludes halogenated alkanes) is 6. The molecule has 114 valence electrons. The van der Waals surface area contributed by atoms with Crippen LogP contribution in [0, 0.1) is 0 Å². The van der Waals surface area contributed by atoms with Crippen LogP contribution in [0.4, 0.5) is 5.69 Å². The molecule has 1 aromatic rings. The third-order valence-electron chi connectivity index (χ3n) is 3.64. The van der Waals surface area contributed by atoms with E-state index in [-0.39, 0.29) is 0 Å². The molecule has 0 radical (unpaired) electrons. The molecule has 0 bridgehead atoms. The van der Waals surface area contributed by atoms with Gasteiger partial charge in [-0.05, 0) is 24.6 Å². The maximum Gasteiger partial charge on any atom is 0.0426 e. The second-order valence-electron chi connectivity index (χ2n) is 5.50. The molecule has 0 aliphatic rings. The fourth-order valence-corrected chi connectivity index (χ4v) is 2.60. The summed E-state index contributed by atoms with van der Waals surface area (Å²) in [6.45, 7) is 2.93. The minimum absolute atomic E-state index is 0.351. The van der Waals surface area contributed by atoms with Crippen LogP contribution in [-0.4, -0.2) is 12.6 Å². The highest BCUT2D eigenvalue weighted by Gasteiger charge is 2.06. The molecule has 2 nitrogen and oxygen atoms in total. The van der Waals surface area contributed by atoms with Crippen LogP contribution in [0.3, 0.4) is 0 Å². The number of nitrogens with one attached hydrogen (secondary N) is 1. The van der Waals surface area contributed by atoms with Crippen molar-refractivity contribution in [2.24, 2.45) is 5.73 Å². The van der Waals surface area contributed by atoms with Crippen molar-refractivity contribution >= 4 is 17.3 Å². The fourth-order valence-electron chi connectivity index (χ4n) is 2.41. The maximum absolute atomic E-state index is 5.99. The first-order valence-corrected chi connectivity index (χ1v) is 8.36. The summed E-state index contributed by atoms with van der Waals surface area (Å²) in [6, 6.07) is 8.20. The summed E-state index contributed by atoms with van der Waals surface area (Å²) in [5.74, 6) is 0. The zero-order chi connectivity index (χ0) is 14.6. The molecule has 0 fully saturated rings. The molecule has 0 aliphatic heterocycles. The van der Waals surface area contributed by atoms with Crippen LogP contribution in [-0.2, 0) is 0 Å². The highest BCUT2D eigenvalue weighted by atomic mass is 35.5. The van der Waals surface area contributed by atoms with Gasteiger partial charge < -0.3 is 11.1 Å². The number of hydrogen-bond acceptors (Lipinski definition) is 2. The summed E-state index contributed by atoms with van der Waals surface area (Å²) in [6.07, 6.45) is 10.5. The summed E-state index contributed by atoms with van der Waals surface area (Å²) in [5, 5.41) is 4.24. The first kappa shape index (κ1) is 17.3. The SMILES string of the molecule is CCCCCCCCCC(CN)Nc1cccc(Cl)c1. The van der Waals surface area contributed by atoms with Crippen LogP contribution < -0.4 is 11.1 Å². The summed E-state index contributed by atoms with van der Waals surface area (Å²) in [5.41, 5.74) is 6.91. The van der Waals surface area contributed by atoms with Gasteiger partial charge in [-0.1, -0.05) is 69.5 Å². The zero-order valence-electron chi connectivity index (χ0n) is 12.7. The van der Waals surface area contributed by atoms with Gasteiger partial charge in [0.25, 0.3) is 0 Å². The van der Waals surface area contributed by atoms with E-state index < -0.39 is 0 Å². The van der Waals surface area contributed by atoms with Crippen molar-refractivity contribution < 1.29 is 0 Å². The van der Waals surface area contributed by atoms with Gasteiger partial charge >= 0.3 is 0 Å². The van der Waals surface area contributed by atoms with Crippen molar-refractivity contribution in [3.05, 3.63) is 29.3 Å². The highest BCUT2D eigenvalue weighted by molar-refractivity contribution is 6.30. The van der Waals surface area contributed by atoms with Gasteiger partial charge in [0.2, 0.25) is 0 Å². The Hall–Kier alpha value is -0.730. The van der Waals surface area contributed by atoms with Gasteiger partial charge in [-0.3, -0.25) is 0 Å². The molecular formula is C17H29ClN2. The second kappa shape index (κ2) is 11.0. The standard InChI is InChI=1S/C17H29ClN2/c1-2-3-4-5-6-7-8-11-17(14-19)20-16-12-9-10-15(18)13-16/h9-10,12-13,17,20H,2-8,11,14,19H2,1H3. The molecule has 1 unspecified atom stereocenters. The Morgan fingerprint density at radius 3 is 2.45 bits per heavy atom. The van der Waals surface area contributed by atoms with E-state index in [4.69, 9.17) is 17.3 Å². The van der Waals surface area contributed by atoms with Crippen LogP contribution in [0.5, 0.6) is 0 Å². The highest BCUT2D eigenvalue weighted by Crippen LogP contribution is 2.17. The average molecular weight is 297 g/mol. The largest absolute Gasteiger partial charge is 0.381 e. The Balaban J connectivity index is 2.16. The van der Waals surface area contributed by atoms with Gasteiger partial charge in [-0.2, -0.15) is 0 Å². The van der Waals surface area contributed by atoms with E-state index in [0.717, 1.165) is 17.1 Å². The van der Waals surface area contributed by atoms with Crippen molar-refractivity contribution in [3.8, 4) is 0 Å². The Bertz CT molecular complexity index is 355. The zero-order valence-corrected chi connectivity index (χ0v) is 13.5. The lowest BCUT2D eigenvalue weighted by atomic mass is 10.0. The Labute approximate surface area is 129 Å². The first-order valence-electron chi connectivity index (χ1n) is 7.98. The topological polar surface area (TPSA) is 38.0 Å². The molecule has 0 spiro atoms. The lowest BCUT2D eigenvalue weighted by Gasteiger charge is -2.18. The van der Waals surface area contributed by atoms with E-state index in [1.54, 1.807) is 0 Å². The lowest BCUT2D eigenvalue weighted by molar-refractivity contribution is 0.548. The molecule has 1 atom stereocenters. The van der Waals surface area contributed by atoms with E-state index in [2.05, 4.69) is 12.2 Å². The van der Waals surface area contributed by atoms with E-state index in [9.17, 15) is 0 Å². The van der Waals surface area contributed by atoms with Crippen LogP contribution >= 0.6 is 11.6 Å². The molecule has 3 N–H and O–H groups in total. The first-order chi connectivity index (χ1) is 9.76. The second-order valence-corrected chi connectivity index (χ2v) is 5.93. The van der Waals surface area contributed by atoms with E-state index >= 15 is 0 Å². The van der Waals surface area contributed by atoms with Crippen molar-refractivity contribution in [3.63, 3.8) is 0 Å². The van der Waals surface area contributed by atoms with Gasteiger partial charge in [0.05, 0.1) is 0 Å². The smallest absolute Gasteiger partial charge is 0.0426 e. The van der Waals surface area contributed by atoms with Crippen molar-refractivity contribution in [2.45, 2.75) is 64.3 Å². The van der Waals surface area contributed by atoms with Crippen molar-refractivity contribution in [1.82, 2.24) is 0 Å². The molecule has 0 saturated heterocycles. The predicted octanol–water partition coefficient (Wildman–Crippen LogP) is 5.22. The molecule has 1 aromatic carbocycles. The fraction of sp³-hybridized carbons (Fsp3) is 0.647. The number of rotatable bonds is 11. The van der Waals surface area contributed by atoms with Crippen molar-refractivity contribution in [1.29, 1.82) is 0 Å². The van der Waals surface area contributed by atoms with Crippen LogP contribution in [0.15, 0.2) is 24.3 Å². The van der Waals surface area contributed by atoms with Gasteiger partial charge in [0.15, 0.2) is 0 Å². The normalized spacial score (nSPS) is 12.3. The quantitative estimate of drug-likeness (QED) is 0.549. The summed E-state index contributed by atoms with van der Waals surface area (Å²) in [7, 11) is 0. The molecule has 0 heterocycles. The van der Waals surface area contributed by atoms with Crippen LogP contribution in [0.2, 0.25) is 5.02 Å². The number of halogens is 1. The summed E-state index contributed by atoms with van der Waals surface area (Å²) >= 11 is 5.99. The lowest BCUT2D eigenvalue weighted by Crippen LogP contribution is -2.28. The molecule has 3 heteroatoms. The minimum Gasteiger partial charge on any atom is -0.381 e. The van der Waals surface area contributed by atoms with E-state index in [1.165, 1.54) is 44.9 Å². The molecule has 0 aliphatic carbocycles. The van der Waals surface area contributed by atoms with Crippen LogP contribution in [0.25, 0.3) is 0 Å². The molecule has 0 saturated carbocycles. The third-order valence-corrected chi connectivity index (χ3v) is 3.87. The van der Waals surface area contributed by atoms with Gasteiger partial charge in [-0.15, -0.1) is 0 Å². The van der Waals surface area contributed by atoms with Gasteiger partial charge in [0, 0.05) is 23.3 Å². The molecular weight excluding hydrogens is 268 g/mol. The molecule has 20 heavy (non-hydrogen) atoms. The Morgan fingerprint density at radius 1 is 1.10 bits per heavy atom. The Kier molecular flexibility index (Phi) is 9.52. The predicted molar refractivity (Wildman–Crippen MR) is 90.5 cm³/mol. The van der Waals surface area contributed by atoms with Crippen molar-refractivity contribution in [2.75, 3.05) is 11.9 Å². The minimum atomic E-state index is 0.351. The number of nitrogens with two attached hydrogens (primary N) is 1. The third kappa shape index (κ3) is 7.76. The average Bonchev–Trinajstić information content (AvgIpc) is 2.45. The number of hydrogen-bond donors (Lipinski definition) is 2. The molecule has 1 rings (SSSR count). The number of benzene rings is 1. The maximum atomic E-state index is 5.99. The van der Waals surface area contributed by atoms with Gasteiger partial charge in [0.1, 0.15) is 0 Å². The number of anilines is 1. The summed E-state index contributed by atoms with van der Waals surface area (Å²) in [4.78, 5) is 0. The van der Waals surface area contributed by atoms with Crippen LogP contribution in [0.1, 0.15) is 58.3 Å². The van der Waals surface area contributed by atoms with E-state index in [1.807, 2.05) is 24.3 Å².